The van der Waals surface area contributed by atoms with E-state index >= 15 is 0 Å². The summed E-state index contributed by atoms with van der Waals surface area (Å²) in [5.74, 6) is 0.440. The van der Waals surface area contributed by atoms with Crippen molar-refractivity contribution in [2.24, 2.45) is 0 Å². The number of benzene rings is 2. The van der Waals surface area contributed by atoms with Gasteiger partial charge in [0, 0.05) is 11.3 Å². The van der Waals surface area contributed by atoms with Crippen molar-refractivity contribution in [3.63, 3.8) is 0 Å². The third-order valence-electron chi connectivity index (χ3n) is 3.43. The highest BCUT2D eigenvalue weighted by Gasteiger charge is 2.14. The van der Waals surface area contributed by atoms with Gasteiger partial charge in [-0.15, -0.1) is 0 Å². The van der Waals surface area contributed by atoms with Crippen molar-refractivity contribution in [2.75, 3.05) is 11.9 Å². The van der Waals surface area contributed by atoms with E-state index in [9.17, 15) is 4.79 Å². The second-order valence-electron chi connectivity index (χ2n) is 6.25. The first-order valence-electron chi connectivity index (χ1n) is 7.42. The highest BCUT2D eigenvalue weighted by atomic mass is 16.5. The molecule has 0 unspecified atom stereocenters. The minimum atomic E-state index is -0.156. The van der Waals surface area contributed by atoms with Crippen molar-refractivity contribution in [3.05, 3.63) is 59.7 Å². The Hall–Kier alpha value is -2.80. The van der Waals surface area contributed by atoms with Crippen LogP contribution in [0.2, 0.25) is 0 Å². The fourth-order valence-corrected chi connectivity index (χ4v) is 2.07. The highest BCUT2D eigenvalue weighted by molar-refractivity contribution is 6.04. The molecule has 0 saturated carbocycles. The molecule has 1 amide bonds. The van der Waals surface area contributed by atoms with Crippen LogP contribution in [0.3, 0.4) is 0 Å². The molecule has 0 spiro atoms. The zero-order chi connectivity index (χ0) is 16.9. The smallest absolute Gasteiger partial charge is 0.255 e. The van der Waals surface area contributed by atoms with Gasteiger partial charge in [0.15, 0.2) is 6.61 Å². The molecule has 0 aliphatic carbocycles. The first-order chi connectivity index (χ1) is 10.9. The average Bonchev–Trinajstić information content (AvgIpc) is 2.53. The molecule has 2 aromatic rings. The SMILES string of the molecule is CC(C)(C)c1ccc(C(=O)Nc2ccc(OCC#N)cc2)cc1. The van der Waals surface area contributed by atoms with Crippen LogP contribution in [0.5, 0.6) is 5.75 Å². The van der Waals surface area contributed by atoms with Gasteiger partial charge in [-0.1, -0.05) is 32.9 Å². The van der Waals surface area contributed by atoms with Gasteiger partial charge in [-0.05, 0) is 47.4 Å². The van der Waals surface area contributed by atoms with Gasteiger partial charge < -0.3 is 10.1 Å². The van der Waals surface area contributed by atoms with Crippen molar-refractivity contribution >= 4 is 11.6 Å². The van der Waals surface area contributed by atoms with Crippen LogP contribution in [-0.2, 0) is 5.41 Å². The molecule has 0 atom stereocenters. The number of rotatable bonds is 4. The van der Waals surface area contributed by atoms with E-state index in [-0.39, 0.29) is 17.9 Å². The van der Waals surface area contributed by atoms with Crippen LogP contribution in [0.25, 0.3) is 0 Å². The zero-order valence-corrected chi connectivity index (χ0v) is 13.6. The first kappa shape index (κ1) is 16.6. The molecule has 118 valence electrons. The first-order valence-corrected chi connectivity index (χ1v) is 7.42. The highest BCUT2D eigenvalue weighted by Crippen LogP contribution is 2.22. The summed E-state index contributed by atoms with van der Waals surface area (Å²) in [4.78, 5) is 12.2. The molecule has 4 nitrogen and oxygen atoms in total. The van der Waals surface area contributed by atoms with Gasteiger partial charge in [-0.3, -0.25) is 4.79 Å². The summed E-state index contributed by atoms with van der Waals surface area (Å²) in [5, 5.41) is 11.3. The van der Waals surface area contributed by atoms with E-state index in [1.165, 1.54) is 5.56 Å². The van der Waals surface area contributed by atoms with E-state index in [0.717, 1.165) is 0 Å². The lowest BCUT2D eigenvalue weighted by Gasteiger charge is -2.19. The van der Waals surface area contributed by atoms with Gasteiger partial charge in [0.2, 0.25) is 0 Å². The van der Waals surface area contributed by atoms with Crippen molar-refractivity contribution in [1.29, 1.82) is 5.26 Å². The summed E-state index contributed by atoms with van der Waals surface area (Å²) in [6.07, 6.45) is 0. The lowest BCUT2D eigenvalue weighted by atomic mass is 9.87. The molecule has 0 aliphatic heterocycles. The third kappa shape index (κ3) is 4.58. The Morgan fingerprint density at radius 3 is 2.22 bits per heavy atom. The van der Waals surface area contributed by atoms with E-state index in [0.29, 0.717) is 17.0 Å². The lowest BCUT2D eigenvalue weighted by Crippen LogP contribution is -2.14. The van der Waals surface area contributed by atoms with E-state index < -0.39 is 0 Å². The molecule has 23 heavy (non-hydrogen) atoms. The maximum atomic E-state index is 12.2. The van der Waals surface area contributed by atoms with Crippen molar-refractivity contribution in [2.45, 2.75) is 26.2 Å². The number of nitrogens with zero attached hydrogens (tertiary/aromatic N) is 1. The Balaban J connectivity index is 2.03. The standard InChI is InChI=1S/C19H20N2O2/c1-19(2,3)15-6-4-14(5-7-15)18(22)21-16-8-10-17(11-9-16)23-13-12-20/h4-11H,13H2,1-3H3,(H,21,22). The Morgan fingerprint density at radius 2 is 1.70 bits per heavy atom. The fraction of sp³-hybridized carbons (Fsp3) is 0.263. The molecule has 0 aliphatic rings. The Kier molecular flexibility index (Phi) is 5.02. The minimum Gasteiger partial charge on any atom is -0.479 e. The number of hydrogen-bond acceptors (Lipinski definition) is 3. The van der Waals surface area contributed by atoms with Crippen molar-refractivity contribution in [3.8, 4) is 11.8 Å². The number of hydrogen-bond donors (Lipinski definition) is 1. The molecule has 0 aromatic heterocycles. The Bertz CT molecular complexity index is 705. The molecular formula is C19H20N2O2. The van der Waals surface area contributed by atoms with Gasteiger partial charge >= 0.3 is 0 Å². The zero-order valence-electron chi connectivity index (χ0n) is 13.6. The van der Waals surface area contributed by atoms with Crippen LogP contribution in [0.15, 0.2) is 48.5 Å². The molecule has 0 heterocycles. The predicted octanol–water partition coefficient (Wildman–Crippen LogP) is 4.14. The van der Waals surface area contributed by atoms with Gasteiger partial charge in [-0.25, -0.2) is 0 Å². The molecule has 4 heteroatoms. The summed E-state index contributed by atoms with van der Waals surface area (Å²) in [6, 6.07) is 16.5. The van der Waals surface area contributed by atoms with Crippen molar-refractivity contribution in [1.82, 2.24) is 0 Å². The van der Waals surface area contributed by atoms with Gasteiger partial charge in [0.05, 0.1) is 0 Å². The molecular weight excluding hydrogens is 288 g/mol. The van der Waals surface area contributed by atoms with Crippen LogP contribution in [0, 0.1) is 11.3 Å². The van der Waals surface area contributed by atoms with Crippen LogP contribution >= 0.6 is 0 Å². The summed E-state index contributed by atoms with van der Waals surface area (Å²) < 4.78 is 5.17. The number of carbonyl (C=O) groups is 1. The van der Waals surface area contributed by atoms with Gasteiger partial charge in [0.1, 0.15) is 11.8 Å². The Labute approximate surface area is 136 Å². The summed E-state index contributed by atoms with van der Waals surface area (Å²) in [6.45, 7) is 6.42. The van der Waals surface area contributed by atoms with Crippen molar-refractivity contribution < 1.29 is 9.53 Å². The normalized spacial score (nSPS) is 10.7. The number of amides is 1. The van der Waals surface area contributed by atoms with E-state index in [2.05, 4.69) is 26.1 Å². The topological polar surface area (TPSA) is 62.1 Å². The monoisotopic (exact) mass is 308 g/mol. The predicted molar refractivity (Wildman–Crippen MR) is 90.6 cm³/mol. The summed E-state index contributed by atoms with van der Waals surface area (Å²) in [5.41, 5.74) is 2.55. The number of nitriles is 1. The molecule has 2 aromatic carbocycles. The van der Waals surface area contributed by atoms with Gasteiger partial charge in [0.25, 0.3) is 5.91 Å². The van der Waals surface area contributed by atoms with Crippen LogP contribution < -0.4 is 10.1 Å². The van der Waals surface area contributed by atoms with Gasteiger partial charge in [-0.2, -0.15) is 5.26 Å². The number of anilines is 1. The third-order valence-corrected chi connectivity index (χ3v) is 3.43. The van der Waals surface area contributed by atoms with Crippen LogP contribution in [-0.4, -0.2) is 12.5 Å². The van der Waals surface area contributed by atoms with E-state index in [4.69, 9.17) is 10.00 Å². The fourth-order valence-electron chi connectivity index (χ4n) is 2.07. The molecule has 1 N–H and O–H groups in total. The van der Waals surface area contributed by atoms with E-state index in [1.807, 2.05) is 30.3 Å². The van der Waals surface area contributed by atoms with Crippen LogP contribution in [0.4, 0.5) is 5.69 Å². The molecule has 2 rings (SSSR count). The van der Waals surface area contributed by atoms with E-state index in [1.54, 1.807) is 24.3 Å². The second-order valence-corrected chi connectivity index (χ2v) is 6.25. The summed E-state index contributed by atoms with van der Waals surface area (Å²) >= 11 is 0. The molecule has 0 saturated heterocycles. The summed E-state index contributed by atoms with van der Waals surface area (Å²) in [7, 11) is 0. The largest absolute Gasteiger partial charge is 0.479 e. The second kappa shape index (κ2) is 6.97. The number of nitrogens with one attached hydrogen (secondary N) is 1. The average molecular weight is 308 g/mol. The maximum Gasteiger partial charge on any atom is 0.255 e. The molecule has 0 radical (unpaired) electrons. The van der Waals surface area contributed by atoms with Crippen LogP contribution in [0.1, 0.15) is 36.7 Å². The number of carbonyl (C=O) groups excluding carboxylic acids is 1. The Morgan fingerprint density at radius 1 is 1.09 bits per heavy atom. The number of ether oxygens (including phenoxy) is 1. The molecule has 0 fully saturated rings. The molecule has 0 bridgehead atoms. The quantitative estimate of drug-likeness (QED) is 0.923. The maximum absolute atomic E-state index is 12.2. The lowest BCUT2D eigenvalue weighted by molar-refractivity contribution is 0.102. The minimum absolute atomic E-state index is 0.00579.